The first-order chi connectivity index (χ1) is 8.48. The number of nitrogens with one attached hydrogen (secondary N) is 1. The molecule has 0 aromatic heterocycles. The van der Waals surface area contributed by atoms with Gasteiger partial charge in [0.1, 0.15) is 0 Å². The Labute approximate surface area is 111 Å². The molecule has 1 rings (SSSR count). The number of rotatable bonds is 5. The number of sulfone groups is 1. The van der Waals surface area contributed by atoms with Crippen LogP contribution >= 0.6 is 0 Å². The highest BCUT2D eigenvalue weighted by atomic mass is 32.2. The minimum absolute atomic E-state index is 0.228. The first kappa shape index (κ1) is 15.3. The zero-order valence-corrected chi connectivity index (χ0v) is 12.5. The van der Waals surface area contributed by atoms with E-state index in [1.807, 2.05) is 7.05 Å². The summed E-state index contributed by atoms with van der Waals surface area (Å²) in [5.41, 5.74) is 0. The van der Waals surface area contributed by atoms with Crippen molar-refractivity contribution in [2.24, 2.45) is 10.9 Å². The zero-order valence-electron chi connectivity index (χ0n) is 11.6. The second-order valence-electron chi connectivity index (χ2n) is 4.97. The Balaban J connectivity index is 2.36. The summed E-state index contributed by atoms with van der Waals surface area (Å²) in [4.78, 5) is 6.31. The molecule has 0 spiro atoms. The van der Waals surface area contributed by atoms with Crippen LogP contribution < -0.4 is 5.32 Å². The second kappa shape index (κ2) is 6.97. The van der Waals surface area contributed by atoms with Gasteiger partial charge in [-0.25, -0.2) is 8.42 Å². The van der Waals surface area contributed by atoms with Crippen molar-refractivity contribution in [3.8, 4) is 0 Å². The highest BCUT2D eigenvalue weighted by Crippen LogP contribution is 2.17. The molecular formula is C12H25N3O2S. The summed E-state index contributed by atoms with van der Waals surface area (Å²) in [7, 11) is 0.992. The molecule has 1 aliphatic heterocycles. The predicted octanol–water partition coefficient (Wildman–Crippen LogP) is 0.728. The number of hydrogen-bond acceptors (Lipinski definition) is 3. The Morgan fingerprint density at radius 3 is 2.72 bits per heavy atom. The molecule has 1 heterocycles. The summed E-state index contributed by atoms with van der Waals surface area (Å²) >= 11 is 0. The molecule has 0 amide bonds. The third-order valence-electron chi connectivity index (χ3n) is 3.30. The van der Waals surface area contributed by atoms with Crippen LogP contribution in [0.15, 0.2) is 4.99 Å². The van der Waals surface area contributed by atoms with E-state index in [-0.39, 0.29) is 5.92 Å². The molecule has 1 aliphatic rings. The van der Waals surface area contributed by atoms with Crippen LogP contribution in [0.2, 0.25) is 0 Å². The van der Waals surface area contributed by atoms with Gasteiger partial charge in [-0.1, -0.05) is 13.3 Å². The summed E-state index contributed by atoms with van der Waals surface area (Å²) in [6, 6.07) is 0. The maximum Gasteiger partial charge on any atom is 0.193 e. The summed E-state index contributed by atoms with van der Waals surface area (Å²) in [6.07, 6.45) is 3.06. The molecule has 1 atom stereocenters. The molecule has 1 N–H and O–H groups in total. The van der Waals surface area contributed by atoms with Crippen molar-refractivity contribution < 1.29 is 8.42 Å². The molecular weight excluding hydrogens is 250 g/mol. The van der Waals surface area contributed by atoms with Crippen LogP contribution in [-0.4, -0.2) is 58.0 Å². The third kappa shape index (κ3) is 4.84. The molecule has 1 saturated heterocycles. The molecule has 106 valence electrons. The smallest absolute Gasteiger partial charge is 0.193 e. The van der Waals surface area contributed by atoms with Crippen molar-refractivity contribution in [1.82, 2.24) is 10.2 Å². The lowest BCUT2D eigenvalue weighted by Crippen LogP contribution is -2.41. The largest absolute Gasteiger partial charge is 0.356 e. The third-order valence-corrected chi connectivity index (χ3v) is 5.13. The number of guanidine groups is 1. The number of aliphatic imine (C=N–C) groups is 1. The van der Waals surface area contributed by atoms with Crippen LogP contribution in [0.1, 0.15) is 26.2 Å². The van der Waals surface area contributed by atoms with E-state index in [1.165, 1.54) is 0 Å². The van der Waals surface area contributed by atoms with Crippen molar-refractivity contribution in [3.63, 3.8) is 0 Å². The minimum Gasteiger partial charge on any atom is -0.356 e. The molecule has 1 unspecified atom stereocenters. The summed E-state index contributed by atoms with van der Waals surface area (Å²) in [6.45, 7) is 3.83. The fourth-order valence-corrected chi connectivity index (χ4v) is 4.02. The monoisotopic (exact) mass is 275 g/mol. The Hall–Kier alpha value is -0.780. The van der Waals surface area contributed by atoms with Gasteiger partial charge in [0.15, 0.2) is 15.8 Å². The topological polar surface area (TPSA) is 61.8 Å². The van der Waals surface area contributed by atoms with Gasteiger partial charge in [-0.05, 0) is 18.8 Å². The fourth-order valence-electron chi connectivity index (χ4n) is 2.15. The highest BCUT2D eigenvalue weighted by molar-refractivity contribution is 7.91. The van der Waals surface area contributed by atoms with Crippen LogP contribution in [0.5, 0.6) is 0 Å². The lowest BCUT2D eigenvalue weighted by molar-refractivity contribution is 0.454. The van der Waals surface area contributed by atoms with Crippen LogP contribution in [0.3, 0.4) is 0 Å². The van der Waals surface area contributed by atoms with Crippen molar-refractivity contribution in [3.05, 3.63) is 0 Å². The van der Waals surface area contributed by atoms with E-state index in [0.29, 0.717) is 18.1 Å². The minimum atomic E-state index is -2.78. The van der Waals surface area contributed by atoms with Crippen LogP contribution in [0.25, 0.3) is 0 Å². The van der Waals surface area contributed by atoms with Gasteiger partial charge < -0.3 is 10.2 Å². The number of nitrogens with zero attached hydrogens (tertiary/aromatic N) is 2. The summed E-state index contributed by atoms with van der Waals surface area (Å²) < 4.78 is 22.7. The standard InChI is InChI=1S/C12H25N3O2S/c1-4-5-7-15(3)12(13-2)14-9-11-6-8-18(16,17)10-11/h11H,4-10H2,1-3H3,(H,13,14). The van der Waals surface area contributed by atoms with E-state index in [4.69, 9.17) is 0 Å². The molecule has 18 heavy (non-hydrogen) atoms. The molecule has 6 heteroatoms. The van der Waals surface area contributed by atoms with Gasteiger partial charge in [-0.15, -0.1) is 0 Å². The lowest BCUT2D eigenvalue weighted by Gasteiger charge is -2.23. The van der Waals surface area contributed by atoms with Crippen molar-refractivity contribution in [2.75, 3.05) is 38.7 Å². The Morgan fingerprint density at radius 2 is 2.22 bits per heavy atom. The highest BCUT2D eigenvalue weighted by Gasteiger charge is 2.27. The molecule has 0 bridgehead atoms. The van der Waals surface area contributed by atoms with Gasteiger partial charge >= 0.3 is 0 Å². The first-order valence-electron chi connectivity index (χ1n) is 6.60. The Kier molecular flexibility index (Phi) is 5.91. The number of hydrogen-bond donors (Lipinski definition) is 1. The van der Waals surface area contributed by atoms with Gasteiger partial charge in [-0.3, -0.25) is 4.99 Å². The van der Waals surface area contributed by atoms with Gasteiger partial charge in [0, 0.05) is 27.2 Å². The Morgan fingerprint density at radius 1 is 1.50 bits per heavy atom. The van der Waals surface area contributed by atoms with Crippen molar-refractivity contribution in [1.29, 1.82) is 0 Å². The quantitative estimate of drug-likeness (QED) is 0.593. The van der Waals surface area contributed by atoms with Gasteiger partial charge in [0.05, 0.1) is 11.5 Å². The maximum atomic E-state index is 11.4. The lowest BCUT2D eigenvalue weighted by atomic mass is 10.1. The zero-order chi connectivity index (χ0) is 13.6. The second-order valence-corrected chi connectivity index (χ2v) is 7.20. The van der Waals surface area contributed by atoms with Gasteiger partial charge in [-0.2, -0.15) is 0 Å². The molecule has 0 radical (unpaired) electrons. The van der Waals surface area contributed by atoms with E-state index >= 15 is 0 Å². The van der Waals surface area contributed by atoms with Crippen LogP contribution in [0.4, 0.5) is 0 Å². The molecule has 0 saturated carbocycles. The predicted molar refractivity (Wildman–Crippen MR) is 75.7 cm³/mol. The van der Waals surface area contributed by atoms with Gasteiger partial charge in [0.25, 0.3) is 0 Å². The molecule has 0 aromatic rings. The molecule has 1 fully saturated rings. The molecule has 0 aliphatic carbocycles. The van der Waals surface area contributed by atoms with Crippen molar-refractivity contribution >= 4 is 15.8 Å². The van der Waals surface area contributed by atoms with E-state index in [1.54, 1.807) is 7.05 Å². The van der Waals surface area contributed by atoms with E-state index in [9.17, 15) is 8.42 Å². The fraction of sp³-hybridized carbons (Fsp3) is 0.917. The van der Waals surface area contributed by atoms with E-state index in [2.05, 4.69) is 22.1 Å². The Bertz CT molecular complexity index is 379. The average Bonchev–Trinajstić information content (AvgIpc) is 2.67. The van der Waals surface area contributed by atoms with Crippen LogP contribution in [-0.2, 0) is 9.84 Å². The summed E-state index contributed by atoms with van der Waals surface area (Å²) in [5.74, 6) is 1.73. The van der Waals surface area contributed by atoms with Crippen molar-refractivity contribution in [2.45, 2.75) is 26.2 Å². The SMILES string of the molecule is CCCCN(C)C(=NC)NCC1CCS(=O)(=O)C1. The first-order valence-corrected chi connectivity index (χ1v) is 8.43. The number of unbranched alkanes of at least 4 members (excludes halogenated alkanes) is 1. The summed E-state index contributed by atoms with van der Waals surface area (Å²) in [5, 5.41) is 3.27. The van der Waals surface area contributed by atoms with Crippen LogP contribution in [0, 0.1) is 5.92 Å². The van der Waals surface area contributed by atoms with Gasteiger partial charge in [0.2, 0.25) is 0 Å². The molecule has 0 aromatic carbocycles. The maximum absolute atomic E-state index is 11.4. The normalized spacial score (nSPS) is 23.1. The molecule has 5 nitrogen and oxygen atoms in total. The van der Waals surface area contributed by atoms with E-state index in [0.717, 1.165) is 31.8 Å². The average molecular weight is 275 g/mol. The van der Waals surface area contributed by atoms with E-state index < -0.39 is 9.84 Å².